The number of rotatable bonds is 9. The molecule has 2 aromatic carbocycles. The number of aryl methyl sites for hydroxylation is 1. The van der Waals surface area contributed by atoms with E-state index >= 15 is 0 Å². The monoisotopic (exact) mass is 418 g/mol. The van der Waals surface area contributed by atoms with Crippen molar-refractivity contribution in [3.63, 3.8) is 0 Å². The van der Waals surface area contributed by atoms with Crippen LogP contribution < -0.4 is 10.6 Å². The molecule has 138 valence electrons. The molecule has 1 atom stereocenters. The highest BCUT2D eigenvalue weighted by atomic mass is 79.9. The number of carbonyl (C=O) groups excluding carboxylic acids is 2. The molecule has 0 aromatic heterocycles. The van der Waals surface area contributed by atoms with E-state index in [9.17, 15) is 9.59 Å². The number of ether oxygens (including phenoxy) is 1. The number of nitrogens with one attached hydrogen (secondary N) is 2. The second-order valence-corrected chi connectivity index (χ2v) is 6.96. The van der Waals surface area contributed by atoms with Gasteiger partial charge in [0.25, 0.3) is 0 Å². The Balaban J connectivity index is 1.61. The van der Waals surface area contributed by atoms with Crippen molar-refractivity contribution in [2.45, 2.75) is 25.8 Å². The average molecular weight is 419 g/mol. The van der Waals surface area contributed by atoms with Crippen molar-refractivity contribution < 1.29 is 14.3 Å². The van der Waals surface area contributed by atoms with E-state index in [4.69, 9.17) is 4.74 Å². The SMILES string of the molecule is CC(CCc1ccccc1)NC(=O)COCC(=O)Nc1cccc(Br)c1. The lowest BCUT2D eigenvalue weighted by Gasteiger charge is -2.14. The maximum Gasteiger partial charge on any atom is 0.250 e. The predicted octanol–water partition coefficient (Wildman–Crippen LogP) is 3.54. The van der Waals surface area contributed by atoms with Gasteiger partial charge in [0.2, 0.25) is 11.8 Å². The standard InChI is InChI=1S/C20H23BrN2O3/c1-15(10-11-16-6-3-2-4-7-16)22-19(24)13-26-14-20(25)23-18-9-5-8-17(21)12-18/h2-9,12,15H,10-11,13-14H2,1H3,(H,22,24)(H,23,25). The second-order valence-electron chi connectivity index (χ2n) is 6.04. The fraction of sp³-hybridized carbons (Fsp3) is 0.300. The van der Waals surface area contributed by atoms with Crippen LogP contribution in [-0.4, -0.2) is 31.1 Å². The van der Waals surface area contributed by atoms with Gasteiger partial charge in [-0.25, -0.2) is 0 Å². The largest absolute Gasteiger partial charge is 0.362 e. The first kappa shape index (κ1) is 20.1. The molecule has 0 fully saturated rings. The molecular formula is C20H23BrN2O3. The molecule has 6 heteroatoms. The summed E-state index contributed by atoms with van der Waals surface area (Å²) in [5.41, 5.74) is 1.92. The van der Waals surface area contributed by atoms with E-state index in [0.29, 0.717) is 5.69 Å². The maximum atomic E-state index is 11.9. The summed E-state index contributed by atoms with van der Waals surface area (Å²) in [6, 6.07) is 17.4. The van der Waals surface area contributed by atoms with Crippen LogP contribution in [0.1, 0.15) is 18.9 Å². The molecule has 5 nitrogen and oxygen atoms in total. The number of hydrogen-bond acceptors (Lipinski definition) is 3. The zero-order chi connectivity index (χ0) is 18.8. The summed E-state index contributed by atoms with van der Waals surface area (Å²) in [5.74, 6) is -0.520. The Labute approximate surface area is 162 Å². The third kappa shape index (κ3) is 7.80. The van der Waals surface area contributed by atoms with E-state index in [2.05, 4.69) is 38.7 Å². The number of anilines is 1. The predicted molar refractivity (Wildman–Crippen MR) is 106 cm³/mol. The molecule has 2 rings (SSSR count). The number of hydrogen-bond donors (Lipinski definition) is 2. The molecule has 0 aliphatic rings. The van der Waals surface area contributed by atoms with Gasteiger partial charge in [-0.1, -0.05) is 52.3 Å². The molecule has 2 aromatic rings. The highest BCUT2D eigenvalue weighted by Crippen LogP contribution is 2.15. The first-order valence-electron chi connectivity index (χ1n) is 8.49. The van der Waals surface area contributed by atoms with Gasteiger partial charge in [0.05, 0.1) is 0 Å². The van der Waals surface area contributed by atoms with E-state index < -0.39 is 0 Å². The van der Waals surface area contributed by atoms with E-state index in [1.165, 1.54) is 5.56 Å². The summed E-state index contributed by atoms with van der Waals surface area (Å²) in [5, 5.41) is 5.59. The van der Waals surface area contributed by atoms with Crippen molar-refractivity contribution in [3.05, 3.63) is 64.6 Å². The van der Waals surface area contributed by atoms with Crippen LogP contribution in [0.25, 0.3) is 0 Å². The van der Waals surface area contributed by atoms with Crippen LogP contribution in [0.3, 0.4) is 0 Å². The highest BCUT2D eigenvalue weighted by molar-refractivity contribution is 9.10. The van der Waals surface area contributed by atoms with Crippen LogP contribution in [0.5, 0.6) is 0 Å². The minimum atomic E-state index is -0.298. The minimum absolute atomic E-state index is 0.0433. The summed E-state index contributed by atoms with van der Waals surface area (Å²) in [4.78, 5) is 23.7. The van der Waals surface area contributed by atoms with Gasteiger partial charge >= 0.3 is 0 Å². The van der Waals surface area contributed by atoms with Crippen molar-refractivity contribution in [2.24, 2.45) is 0 Å². The lowest BCUT2D eigenvalue weighted by atomic mass is 10.1. The quantitative estimate of drug-likeness (QED) is 0.654. The molecule has 2 N–H and O–H groups in total. The van der Waals surface area contributed by atoms with Gasteiger partial charge < -0.3 is 15.4 Å². The van der Waals surface area contributed by atoms with Gasteiger partial charge in [0.1, 0.15) is 13.2 Å². The highest BCUT2D eigenvalue weighted by Gasteiger charge is 2.09. The van der Waals surface area contributed by atoms with E-state index in [1.54, 1.807) is 12.1 Å². The molecule has 0 aliphatic heterocycles. The van der Waals surface area contributed by atoms with Crippen LogP contribution in [0.15, 0.2) is 59.1 Å². The molecule has 0 spiro atoms. The lowest BCUT2D eigenvalue weighted by molar-refractivity contribution is -0.129. The Bertz CT molecular complexity index is 722. The van der Waals surface area contributed by atoms with Gasteiger partial charge in [-0.2, -0.15) is 0 Å². The van der Waals surface area contributed by atoms with Crippen LogP contribution in [-0.2, 0) is 20.7 Å². The summed E-state index contributed by atoms with van der Waals surface area (Å²) in [6.07, 6.45) is 1.75. The van der Waals surface area contributed by atoms with Crippen LogP contribution >= 0.6 is 15.9 Å². The van der Waals surface area contributed by atoms with E-state index in [0.717, 1.165) is 17.3 Å². The van der Waals surface area contributed by atoms with Crippen molar-refractivity contribution in [3.8, 4) is 0 Å². The minimum Gasteiger partial charge on any atom is -0.362 e. The van der Waals surface area contributed by atoms with E-state index in [-0.39, 0.29) is 31.1 Å². The zero-order valence-corrected chi connectivity index (χ0v) is 16.3. The number of carbonyl (C=O) groups is 2. The molecular weight excluding hydrogens is 396 g/mol. The summed E-state index contributed by atoms with van der Waals surface area (Å²) >= 11 is 3.34. The molecule has 0 radical (unpaired) electrons. The Morgan fingerprint density at radius 3 is 2.50 bits per heavy atom. The Hall–Kier alpha value is -2.18. The van der Waals surface area contributed by atoms with Gasteiger partial charge in [-0.15, -0.1) is 0 Å². The lowest BCUT2D eigenvalue weighted by Crippen LogP contribution is -2.36. The topological polar surface area (TPSA) is 67.4 Å². The fourth-order valence-electron chi connectivity index (χ4n) is 2.42. The number of benzene rings is 2. The van der Waals surface area contributed by atoms with Crippen molar-refractivity contribution in [1.29, 1.82) is 0 Å². The normalized spacial score (nSPS) is 11.6. The summed E-state index contributed by atoms with van der Waals surface area (Å²) in [7, 11) is 0. The molecule has 0 saturated carbocycles. The third-order valence-corrected chi connectivity index (χ3v) is 4.18. The van der Waals surface area contributed by atoms with E-state index in [1.807, 2.05) is 37.3 Å². The molecule has 26 heavy (non-hydrogen) atoms. The van der Waals surface area contributed by atoms with Crippen LogP contribution in [0.4, 0.5) is 5.69 Å². The first-order chi connectivity index (χ1) is 12.5. The van der Waals surface area contributed by atoms with Gasteiger partial charge in [0, 0.05) is 16.2 Å². The Morgan fingerprint density at radius 1 is 1.04 bits per heavy atom. The third-order valence-electron chi connectivity index (χ3n) is 3.69. The zero-order valence-electron chi connectivity index (χ0n) is 14.7. The Kier molecular flexibility index (Phi) is 8.31. The molecule has 0 saturated heterocycles. The average Bonchev–Trinajstić information content (AvgIpc) is 2.61. The maximum absolute atomic E-state index is 11.9. The van der Waals surface area contributed by atoms with Crippen molar-refractivity contribution >= 4 is 33.4 Å². The molecule has 0 heterocycles. The van der Waals surface area contributed by atoms with Gasteiger partial charge in [0.15, 0.2) is 0 Å². The van der Waals surface area contributed by atoms with Gasteiger partial charge in [-0.05, 0) is 43.5 Å². The van der Waals surface area contributed by atoms with Crippen molar-refractivity contribution in [1.82, 2.24) is 5.32 Å². The van der Waals surface area contributed by atoms with Crippen molar-refractivity contribution in [2.75, 3.05) is 18.5 Å². The molecule has 0 aliphatic carbocycles. The molecule has 2 amide bonds. The second kappa shape index (κ2) is 10.7. The fourth-order valence-corrected chi connectivity index (χ4v) is 2.82. The molecule has 1 unspecified atom stereocenters. The first-order valence-corrected chi connectivity index (χ1v) is 9.28. The number of amides is 2. The number of halogens is 1. The van der Waals surface area contributed by atoms with Crippen LogP contribution in [0.2, 0.25) is 0 Å². The summed E-state index contributed by atoms with van der Waals surface area (Å²) in [6.45, 7) is 1.65. The van der Waals surface area contributed by atoms with Crippen LogP contribution in [0, 0.1) is 0 Å². The van der Waals surface area contributed by atoms with Gasteiger partial charge in [-0.3, -0.25) is 9.59 Å². The smallest absolute Gasteiger partial charge is 0.250 e. The summed E-state index contributed by atoms with van der Waals surface area (Å²) < 4.78 is 6.06. The Morgan fingerprint density at radius 2 is 1.77 bits per heavy atom. The molecule has 0 bridgehead atoms.